The van der Waals surface area contributed by atoms with Gasteiger partial charge in [-0.05, 0) is 31.2 Å². The molecule has 2 N–H and O–H groups in total. The molecule has 0 unspecified atom stereocenters. The van der Waals surface area contributed by atoms with Gasteiger partial charge >= 0.3 is 0 Å². The lowest BCUT2D eigenvalue weighted by Crippen LogP contribution is -1.74. The third-order valence-corrected chi connectivity index (χ3v) is 1.34. The molecule has 74 valence electrons. The molecule has 0 amide bonds. The smallest absolute Gasteiger partial charge is 0.00625 e. The fourth-order valence-corrected chi connectivity index (χ4v) is 0.666. The summed E-state index contributed by atoms with van der Waals surface area (Å²) in [4.78, 5) is 0. The first-order valence-corrected chi connectivity index (χ1v) is 4.66. The predicted molar refractivity (Wildman–Crippen MR) is 62.4 cm³/mol. The molecule has 0 atom stereocenters. The summed E-state index contributed by atoms with van der Waals surface area (Å²) in [6, 6.07) is 0. The summed E-state index contributed by atoms with van der Waals surface area (Å²) >= 11 is 0. The van der Waals surface area contributed by atoms with Gasteiger partial charge in [0.05, 0.1) is 0 Å². The van der Waals surface area contributed by atoms with E-state index < -0.39 is 0 Å². The Kier molecular flexibility index (Phi) is 14.7. The first-order valence-electron chi connectivity index (χ1n) is 4.66. The van der Waals surface area contributed by atoms with Crippen LogP contribution in [0.4, 0.5) is 0 Å². The third kappa shape index (κ3) is 10.8. The number of allylic oxidation sites excluding steroid dienone is 6. The zero-order chi connectivity index (χ0) is 10.5. The van der Waals surface area contributed by atoms with Gasteiger partial charge in [0, 0.05) is 0 Å². The van der Waals surface area contributed by atoms with Crippen molar-refractivity contribution in [3.05, 3.63) is 48.7 Å². The molecule has 0 rings (SSSR count). The Labute approximate surface area is 82.3 Å². The Hall–Kier alpha value is -1.24. The molecule has 0 saturated carbocycles. The molecule has 13 heavy (non-hydrogen) atoms. The lowest BCUT2D eigenvalue weighted by atomic mass is 10.2. The predicted octanol–water partition coefficient (Wildman–Crippen LogP) is 3.56. The second-order valence-electron chi connectivity index (χ2n) is 2.08. The van der Waals surface area contributed by atoms with Gasteiger partial charge in [0.25, 0.3) is 0 Å². The largest absolute Gasteiger partial charge is 0.405 e. The molecule has 0 aromatic carbocycles. The van der Waals surface area contributed by atoms with Crippen molar-refractivity contribution < 1.29 is 0 Å². The quantitative estimate of drug-likeness (QED) is 0.656. The maximum absolute atomic E-state index is 5.14. The Morgan fingerprint density at radius 2 is 1.92 bits per heavy atom. The summed E-state index contributed by atoms with van der Waals surface area (Å²) < 4.78 is 0. The lowest BCUT2D eigenvalue weighted by molar-refractivity contribution is 1.27. The molecule has 1 nitrogen and oxygen atoms in total. The minimum atomic E-state index is 0.921. The van der Waals surface area contributed by atoms with Crippen LogP contribution in [0.15, 0.2) is 48.7 Å². The molecular weight excluding hydrogens is 158 g/mol. The van der Waals surface area contributed by atoms with Gasteiger partial charge in [-0.1, -0.05) is 44.7 Å². The molecule has 0 aliphatic carbocycles. The summed E-state index contributed by atoms with van der Waals surface area (Å²) in [5.41, 5.74) is 6.37. The Balaban J connectivity index is 0. The number of rotatable bonds is 4. The number of hydrogen-bond donors (Lipinski definition) is 1. The molecular formula is C12H21N. The van der Waals surface area contributed by atoms with E-state index in [9.17, 15) is 0 Å². The van der Waals surface area contributed by atoms with Gasteiger partial charge in [-0.3, -0.25) is 0 Å². The van der Waals surface area contributed by atoms with E-state index >= 15 is 0 Å². The van der Waals surface area contributed by atoms with Gasteiger partial charge < -0.3 is 5.73 Å². The zero-order valence-electron chi connectivity index (χ0n) is 8.96. The van der Waals surface area contributed by atoms with Crippen molar-refractivity contribution in [2.24, 2.45) is 5.73 Å². The van der Waals surface area contributed by atoms with Crippen molar-refractivity contribution in [2.75, 3.05) is 0 Å². The minimum absolute atomic E-state index is 0.921. The number of nitrogens with two attached hydrogens (primary N) is 1. The van der Waals surface area contributed by atoms with E-state index in [0.717, 1.165) is 6.42 Å². The normalized spacial score (nSPS) is 11.5. The maximum atomic E-state index is 5.14. The van der Waals surface area contributed by atoms with Gasteiger partial charge in [0.15, 0.2) is 0 Å². The van der Waals surface area contributed by atoms with Crippen LogP contribution >= 0.6 is 0 Å². The second kappa shape index (κ2) is 13.4. The molecule has 0 heterocycles. The van der Waals surface area contributed by atoms with E-state index in [4.69, 9.17) is 5.73 Å². The Morgan fingerprint density at radius 3 is 2.31 bits per heavy atom. The van der Waals surface area contributed by atoms with Crippen LogP contribution in [0.5, 0.6) is 0 Å². The average Bonchev–Trinajstić information content (AvgIpc) is 2.21. The van der Waals surface area contributed by atoms with Crippen LogP contribution < -0.4 is 5.73 Å². The van der Waals surface area contributed by atoms with Crippen LogP contribution in [-0.2, 0) is 0 Å². The van der Waals surface area contributed by atoms with E-state index in [1.54, 1.807) is 6.08 Å². The van der Waals surface area contributed by atoms with Gasteiger partial charge in [-0.25, -0.2) is 0 Å². The first-order chi connectivity index (χ1) is 6.35. The molecule has 0 spiro atoms. The molecule has 0 aliphatic heterocycles. The lowest BCUT2D eigenvalue weighted by Gasteiger charge is -1.91. The zero-order valence-corrected chi connectivity index (χ0v) is 8.96. The highest BCUT2D eigenvalue weighted by Crippen LogP contribution is 2.02. The van der Waals surface area contributed by atoms with Crippen LogP contribution in [0.2, 0.25) is 0 Å². The van der Waals surface area contributed by atoms with Gasteiger partial charge in [0.2, 0.25) is 0 Å². The van der Waals surface area contributed by atoms with Crippen LogP contribution in [-0.4, -0.2) is 0 Å². The van der Waals surface area contributed by atoms with Crippen LogP contribution in [0.3, 0.4) is 0 Å². The third-order valence-electron chi connectivity index (χ3n) is 1.34. The summed E-state index contributed by atoms with van der Waals surface area (Å²) in [7, 11) is 0. The van der Waals surface area contributed by atoms with Crippen molar-refractivity contribution in [3.63, 3.8) is 0 Å². The van der Waals surface area contributed by atoms with Crippen molar-refractivity contribution in [1.82, 2.24) is 0 Å². The maximum Gasteiger partial charge on any atom is -0.00625 e. The molecule has 1 heteroatoms. The SMILES string of the molecule is C=C/C(=C\C)C/C=C\C=C/N.CC. The van der Waals surface area contributed by atoms with E-state index in [0.29, 0.717) is 0 Å². The highest BCUT2D eigenvalue weighted by atomic mass is 14.5. The fraction of sp³-hybridized carbons (Fsp3) is 0.333. The summed E-state index contributed by atoms with van der Waals surface area (Å²) in [6.45, 7) is 9.69. The molecule has 0 saturated heterocycles. The first kappa shape index (κ1) is 14.3. The van der Waals surface area contributed by atoms with E-state index in [2.05, 4.69) is 6.58 Å². The summed E-state index contributed by atoms with van der Waals surface area (Å²) in [5.74, 6) is 0. The summed E-state index contributed by atoms with van der Waals surface area (Å²) in [5, 5.41) is 0. The molecule has 0 fully saturated rings. The standard InChI is InChI=1S/C10H15N.C2H6/c1-3-10(4-2)8-6-5-7-9-11;1-2/h3-7,9H,1,8,11H2,2H3;1-2H3/b6-5-,9-7-,10-4+;. The molecule has 0 aromatic heterocycles. The Morgan fingerprint density at radius 1 is 1.31 bits per heavy atom. The molecule has 0 aromatic rings. The van der Waals surface area contributed by atoms with E-state index in [1.807, 2.05) is 45.1 Å². The van der Waals surface area contributed by atoms with Crippen LogP contribution in [0.1, 0.15) is 27.2 Å². The van der Waals surface area contributed by atoms with Crippen LogP contribution in [0, 0.1) is 0 Å². The highest BCUT2D eigenvalue weighted by molar-refractivity contribution is 5.19. The van der Waals surface area contributed by atoms with Crippen molar-refractivity contribution in [3.8, 4) is 0 Å². The average molecular weight is 179 g/mol. The Bertz CT molecular complexity index is 185. The monoisotopic (exact) mass is 179 g/mol. The molecule has 0 aliphatic rings. The van der Waals surface area contributed by atoms with Crippen molar-refractivity contribution in [1.29, 1.82) is 0 Å². The van der Waals surface area contributed by atoms with Gasteiger partial charge in [-0.15, -0.1) is 0 Å². The topological polar surface area (TPSA) is 26.0 Å². The van der Waals surface area contributed by atoms with Crippen molar-refractivity contribution >= 4 is 0 Å². The minimum Gasteiger partial charge on any atom is -0.405 e. The second-order valence-corrected chi connectivity index (χ2v) is 2.08. The molecule has 0 radical (unpaired) electrons. The van der Waals surface area contributed by atoms with Gasteiger partial charge in [-0.2, -0.15) is 0 Å². The van der Waals surface area contributed by atoms with Crippen molar-refractivity contribution in [2.45, 2.75) is 27.2 Å². The van der Waals surface area contributed by atoms with Gasteiger partial charge in [0.1, 0.15) is 0 Å². The fourth-order valence-electron chi connectivity index (χ4n) is 0.666. The number of hydrogen-bond acceptors (Lipinski definition) is 1. The molecule has 0 bridgehead atoms. The summed E-state index contributed by atoms with van der Waals surface area (Å²) in [6.07, 6.45) is 12.1. The van der Waals surface area contributed by atoms with Crippen LogP contribution in [0.25, 0.3) is 0 Å². The van der Waals surface area contributed by atoms with E-state index in [1.165, 1.54) is 11.8 Å². The van der Waals surface area contributed by atoms with E-state index in [-0.39, 0.29) is 0 Å². The highest BCUT2D eigenvalue weighted by Gasteiger charge is 1.82.